The molecule has 0 amide bonds. The predicted molar refractivity (Wildman–Crippen MR) is 126 cm³/mol. The first-order chi connectivity index (χ1) is 12.5. The number of hydrogen-bond acceptors (Lipinski definition) is 3. The van der Waals surface area contributed by atoms with Crippen LogP contribution in [0.3, 0.4) is 0 Å². The first-order valence-electron chi connectivity index (χ1n) is 9.39. The summed E-state index contributed by atoms with van der Waals surface area (Å²) >= 11 is 6.14. The van der Waals surface area contributed by atoms with Crippen molar-refractivity contribution in [3.05, 3.63) is 34.9 Å². The number of aliphatic hydroxyl groups excluding tert-OH is 1. The van der Waals surface area contributed by atoms with Gasteiger partial charge in [0.1, 0.15) is 6.10 Å². The van der Waals surface area contributed by atoms with Crippen molar-refractivity contribution in [3.8, 4) is 0 Å². The molecule has 4 atom stereocenters. The lowest BCUT2D eigenvalue weighted by atomic mass is 9.95. The van der Waals surface area contributed by atoms with Crippen LogP contribution >= 0.6 is 35.6 Å². The van der Waals surface area contributed by atoms with Crippen LogP contribution in [0.25, 0.3) is 0 Å². The molecule has 3 N–H and O–H groups in total. The highest BCUT2D eigenvalue weighted by atomic mass is 127. The number of nitrogens with one attached hydrogen (secondary N) is 2. The molecule has 5 nitrogen and oxygen atoms in total. The highest BCUT2D eigenvalue weighted by molar-refractivity contribution is 14.0. The summed E-state index contributed by atoms with van der Waals surface area (Å²) in [6, 6.07) is 7.54. The lowest BCUT2D eigenvalue weighted by Gasteiger charge is -2.30. The zero-order valence-electron chi connectivity index (χ0n) is 16.0. The van der Waals surface area contributed by atoms with E-state index in [1.54, 1.807) is 6.07 Å². The second-order valence-corrected chi connectivity index (χ2v) is 8.97. The van der Waals surface area contributed by atoms with Crippen molar-refractivity contribution in [3.63, 3.8) is 0 Å². The van der Waals surface area contributed by atoms with Crippen LogP contribution in [-0.4, -0.2) is 45.4 Å². The molecular formula is C19H31ClIN3O2S. The molecule has 0 spiro atoms. The van der Waals surface area contributed by atoms with E-state index >= 15 is 0 Å². The molecule has 1 saturated carbocycles. The monoisotopic (exact) mass is 527 g/mol. The van der Waals surface area contributed by atoms with Crippen molar-refractivity contribution in [2.45, 2.75) is 56.9 Å². The average molecular weight is 528 g/mol. The maximum Gasteiger partial charge on any atom is 0.191 e. The van der Waals surface area contributed by atoms with Crippen LogP contribution in [0.15, 0.2) is 29.3 Å². The molecule has 0 bridgehead atoms. The van der Waals surface area contributed by atoms with E-state index in [0.29, 0.717) is 16.5 Å². The van der Waals surface area contributed by atoms with Crippen LogP contribution in [0.2, 0.25) is 5.02 Å². The molecule has 1 aliphatic carbocycles. The van der Waals surface area contributed by atoms with Crippen LogP contribution in [0.4, 0.5) is 0 Å². The predicted octanol–water partition coefficient (Wildman–Crippen LogP) is 3.63. The second-order valence-electron chi connectivity index (χ2n) is 6.56. The molecule has 4 unspecified atom stereocenters. The minimum Gasteiger partial charge on any atom is -0.386 e. The molecule has 0 heterocycles. The summed E-state index contributed by atoms with van der Waals surface area (Å²) < 4.78 is 12.1. The van der Waals surface area contributed by atoms with Crippen molar-refractivity contribution >= 4 is 52.3 Å². The fourth-order valence-electron chi connectivity index (χ4n) is 3.29. The Morgan fingerprint density at radius 3 is 2.78 bits per heavy atom. The Bertz CT molecular complexity index is 633. The van der Waals surface area contributed by atoms with E-state index in [2.05, 4.69) is 15.6 Å². The highest BCUT2D eigenvalue weighted by Crippen LogP contribution is 2.24. The Morgan fingerprint density at radius 2 is 2.11 bits per heavy atom. The lowest BCUT2D eigenvalue weighted by Crippen LogP contribution is -2.46. The van der Waals surface area contributed by atoms with E-state index in [1.165, 1.54) is 0 Å². The number of hydrogen-bond donors (Lipinski definition) is 3. The third-order valence-corrected chi connectivity index (χ3v) is 6.74. The van der Waals surface area contributed by atoms with E-state index in [-0.39, 0.29) is 41.8 Å². The SMILES string of the molecule is CCNC(=NCC(O)c1ccccc1Cl)NC1CCCC(S(=O)CC)C1.I. The summed E-state index contributed by atoms with van der Waals surface area (Å²) in [6.45, 7) is 4.97. The fourth-order valence-corrected chi connectivity index (χ4v) is 4.89. The summed E-state index contributed by atoms with van der Waals surface area (Å²) in [5, 5.41) is 17.9. The maximum atomic E-state index is 12.1. The second kappa shape index (κ2) is 13.0. The first kappa shape index (κ1) is 24.7. The third-order valence-electron chi connectivity index (χ3n) is 4.65. The maximum absolute atomic E-state index is 12.1. The smallest absolute Gasteiger partial charge is 0.191 e. The van der Waals surface area contributed by atoms with Crippen molar-refractivity contribution in [2.75, 3.05) is 18.8 Å². The van der Waals surface area contributed by atoms with Gasteiger partial charge in [0.2, 0.25) is 0 Å². The molecule has 1 aromatic rings. The highest BCUT2D eigenvalue weighted by Gasteiger charge is 2.26. The molecule has 0 radical (unpaired) electrons. The molecule has 1 aliphatic rings. The minimum absolute atomic E-state index is 0. The van der Waals surface area contributed by atoms with Crippen LogP contribution in [0.1, 0.15) is 51.2 Å². The van der Waals surface area contributed by atoms with Gasteiger partial charge in [-0.15, -0.1) is 24.0 Å². The van der Waals surface area contributed by atoms with Gasteiger partial charge in [0, 0.05) is 45.0 Å². The Balaban J connectivity index is 0.00000364. The molecule has 8 heteroatoms. The summed E-state index contributed by atoms with van der Waals surface area (Å²) in [6.07, 6.45) is 3.32. The number of aliphatic imine (C=N–C) groups is 1. The molecule has 2 rings (SSSR count). The van der Waals surface area contributed by atoms with Gasteiger partial charge in [-0.05, 0) is 32.3 Å². The van der Waals surface area contributed by atoms with Crippen molar-refractivity contribution < 1.29 is 9.32 Å². The van der Waals surface area contributed by atoms with E-state index in [0.717, 1.165) is 38.0 Å². The van der Waals surface area contributed by atoms with E-state index in [1.807, 2.05) is 32.0 Å². The molecule has 0 aromatic heterocycles. The summed E-state index contributed by atoms with van der Waals surface area (Å²) in [4.78, 5) is 4.52. The molecule has 1 aromatic carbocycles. The number of nitrogens with zero attached hydrogens (tertiary/aromatic N) is 1. The number of aliphatic hydroxyl groups is 1. The molecule has 27 heavy (non-hydrogen) atoms. The van der Waals surface area contributed by atoms with E-state index in [9.17, 15) is 9.32 Å². The first-order valence-corrected chi connectivity index (χ1v) is 11.2. The Hall–Kier alpha value is -0.380. The third kappa shape index (κ3) is 7.87. The van der Waals surface area contributed by atoms with E-state index < -0.39 is 16.9 Å². The number of benzene rings is 1. The quantitative estimate of drug-likeness (QED) is 0.288. The lowest BCUT2D eigenvalue weighted by molar-refractivity contribution is 0.187. The Labute approximate surface area is 187 Å². The average Bonchev–Trinajstić information content (AvgIpc) is 2.66. The minimum atomic E-state index is -0.746. The summed E-state index contributed by atoms with van der Waals surface area (Å²) in [5.74, 6) is 1.40. The van der Waals surface area contributed by atoms with Gasteiger partial charge in [-0.3, -0.25) is 9.20 Å². The number of rotatable bonds is 7. The fraction of sp³-hybridized carbons (Fsp3) is 0.632. The Kier molecular flexibility index (Phi) is 11.8. The number of halogens is 2. The van der Waals surface area contributed by atoms with Crippen molar-refractivity contribution in [1.29, 1.82) is 0 Å². The number of guanidine groups is 1. The molecule has 154 valence electrons. The van der Waals surface area contributed by atoms with Gasteiger partial charge in [0.15, 0.2) is 5.96 Å². The molecule has 0 saturated heterocycles. The largest absolute Gasteiger partial charge is 0.386 e. The zero-order chi connectivity index (χ0) is 18.9. The van der Waals surface area contributed by atoms with Gasteiger partial charge < -0.3 is 15.7 Å². The zero-order valence-corrected chi connectivity index (χ0v) is 19.9. The normalized spacial score (nSPS) is 22.4. The van der Waals surface area contributed by atoms with Crippen LogP contribution < -0.4 is 10.6 Å². The summed E-state index contributed by atoms with van der Waals surface area (Å²) in [5.41, 5.74) is 0.685. The Morgan fingerprint density at radius 1 is 1.37 bits per heavy atom. The van der Waals surface area contributed by atoms with Gasteiger partial charge in [0.25, 0.3) is 0 Å². The van der Waals surface area contributed by atoms with Gasteiger partial charge in [0.05, 0.1) is 6.54 Å². The van der Waals surface area contributed by atoms with Crippen molar-refractivity contribution in [1.82, 2.24) is 10.6 Å². The van der Waals surface area contributed by atoms with Gasteiger partial charge in [-0.1, -0.05) is 43.1 Å². The summed E-state index contributed by atoms with van der Waals surface area (Å²) in [7, 11) is -0.746. The van der Waals surface area contributed by atoms with E-state index in [4.69, 9.17) is 11.6 Å². The molecule has 1 fully saturated rings. The van der Waals surface area contributed by atoms with Crippen LogP contribution in [0.5, 0.6) is 0 Å². The molecule has 0 aliphatic heterocycles. The molecular weight excluding hydrogens is 497 g/mol. The standard InChI is InChI=1S/C19H30ClN3O2S.HI/c1-3-21-19(22-13-18(24)16-10-5-6-11-17(16)20)23-14-8-7-9-15(12-14)26(25)4-2;/h5-6,10-11,14-15,18,24H,3-4,7-9,12-13H2,1-2H3,(H2,21,22,23);1H. The van der Waals surface area contributed by atoms with Gasteiger partial charge in [-0.2, -0.15) is 0 Å². The van der Waals surface area contributed by atoms with Crippen LogP contribution in [-0.2, 0) is 10.8 Å². The van der Waals surface area contributed by atoms with Crippen LogP contribution in [0, 0.1) is 0 Å². The van der Waals surface area contributed by atoms with Gasteiger partial charge in [-0.25, -0.2) is 0 Å². The van der Waals surface area contributed by atoms with Crippen molar-refractivity contribution in [2.24, 2.45) is 4.99 Å². The topological polar surface area (TPSA) is 73.7 Å². The van der Waals surface area contributed by atoms with Gasteiger partial charge >= 0.3 is 0 Å².